The summed E-state index contributed by atoms with van der Waals surface area (Å²) in [5.41, 5.74) is 2.14. The van der Waals surface area contributed by atoms with Crippen LogP contribution in [0.4, 0.5) is 0 Å². The lowest BCUT2D eigenvalue weighted by molar-refractivity contribution is 0.107. The number of β-amino-alcohol motifs (C(OH)–C–C–N with tert-alkyl or cyclic N) is 1. The molecular weight excluding hydrogens is 321 g/mol. The molecule has 0 unspecified atom stereocenters. The maximum Gasteiger partial charge on any atom is 0.231 e. The Balaban J connectivity index is 2.18. The molecule has 5 heteroatoms. The number of nitrogens with zero attached hydrogens (tertiary/aromatic N) is 1. The van der Waals surface area contributed by atoms with E-state index in [1.165, 1.54) is 0 Å². The molecule has 1 atom stereocenters. The van der Waals surface area contributed by atoms with Crippen molar-refractivity contribution in [3.63, 3.8) is 0 Å². The Bertz CT molecular complexity index is 449. The van der Waals surface area contributed by atoms with Crippen molar-refractivity contribution < 1.29 is 14.6 Å². The van der Waals surface area contributed by atoms with Gasteiger partial charge in [-0.3, -0.25) is 4.90 Å². The van der Waals surface area contributed by atoms with Crippen LogP contribution in [0.15, 0.2) is 6.07 Å². The minimum Gasteiger partial charge on any atom is -0.454 e. The van der Waals surface area contributed by atoms with Gasteiger partial charge in [-0.25, -0.2) is 0 Å². The molecule has 0 amide bonds. The summed E-state index contributed by atoms with van der Waals surface area (Å²) in [5.74, 6) is 1.58. The number of ether oxygens (including phenoxy) is 2. The fraction of sp³-hybridized carbons (Fsp3) is 0.455. The van der Waals surface area contributed by atoms with E-state index in [-0.39, 0.29) is 6.79 Å². The largest absolute Gasteiger partial charge is 0.454 e. The normalized spacial score (nSPS) is 23.3. The number of aliphatic hydroxyl groups is 1. The molecule has 0 aliphatic carbocycles. The van der Waals surface area contributed by atoms with Gasteiger partial charge < -0.3 is 14.6 Å². The van der Waals surface area contributed by atoms with Gasteiger partial charge in [0.15, 0.2) is 11.5 Å². The molecule has 16 heavy (non-hydrogen) atoms. The molecule has 1 aromatic rings. The van der Waals surface area contributed by atoms with Gasteiger partial charge in [-0.15, -0.1) is 0 Å². The van der Waals surface area contributed by atoms with Gasteiger partial charge in [0.1, 0.15) is 0 Å². The first-order chi connectivity index (χ1) is 7.66. The average Bonchev–Trinajstić information content (AvgIpc) is 2.68. The topological polar surface area (TPSA) is 41.9 Å². The number of hydrogen-bond donors (Lipinski definition) is 1. The maximum atomic E-state index is 10.0. The fourth-order valence-electron chi connectivity index (χ4n) is 2.25. The van der Waals surface area contributed by atoms with Crippen LogP contribution in [0.1, 0.15) is 17.2 Å². The van der Waals surface area contributed by atoms with E-state index >= 15 is 0 Å². The molecule has 1 N–H and O–H groups in total. The number of likely N-dealkylation sites (N-methyl/N-ethyl adjacent to an activating group) is 1. The summed E-state index contributed by atoms with van der Waals surface area (Å²) in [6.07, 6.45) is -0.434. The van der Waals surface area contributed by atoms with Crippen LogP contribution >= 0.6 is 22.6 Å². The van der Waals surface area contributed by atoms with Gasteiger partial charge in [0, 0.05) is 13.1 Å². The van der Waals surface area contributed by atoms with Crippen LogP contribution < -0.4 is 9.47 Å². The van der Waals surface area contributed by atoms with E-state index in [2.05, 4.69) is 27.5 Å². The molecule has 0 radical (unpaired) electrons. The molecule has 4 nitrogen and oxygen atoms in total. The van der Waals surface area contributed by atoms with Crippen LogP contribution in [0.25, 0.3) is 0 Å². The monoisotopic (exact) mass is 333 g/mol. The smallest absolute Gasteiger partial charge is 0.231 e. The molecule has 2 heterocycles. The molecule has 0 aromatic heterocycles. The van der Waals surface area contributed by atoms with Crippen LogP contribution in [-0.2, 0) is 6.54 Å². The number of aliphatic hydroxyl groups excluding tert-OH is 1. The lowest BCUT2D eigenvalue weighted by atomic mass is 9.97. The Morgan fingerprint density at radius 3 is 3.12 bits per heavy atom. The Morgan fingerprint density at radius 2 is 2.31 bits per heavy atom. The summed E-state index contributed by atoms with van der Waals surface area (Å²) < 4.78 is 11.9. The zero-order valence-electron chi connectivity index (χ0n) is 8.86. The zero-order chi connectivity index (χ0) is 11.3. The van der Waals surface area contributed by atoms with Crippen molar-refractivity contribution in [2.45, 2.75) is 12.6 Å². The fourth-order valence-corrected chi connectivity index (χ4v) is 3.15. The number of hydrogen-bond acceptors (Lipinski definition) is 4. The van der Waals surface area contributed by atoms with Crippen LogP contribution in [0.2, 0.25) is 0 Å². The summed E-state index contributed by atoms with van der Waals surface area (Å²) in [4.78, 5) is 2.11. The second-order valence-electron chi connectivity index (χ2n) is 4.20. The summed E-state index contributed by atoms with van der Waals surface area (Å²) >= 11 is 2.27. The highest BCUT2D eigenvalue weighted by Crippen LogP contribution is 2.43. The van der Waals surface area contributed by atoms with Crippen molar-refractivity contribution in [3.8, 4) is 11.5 Å². The van der Waals surface area contributed by atoms with E-state index in [0.29, 0.717) is 6.54 Å². The molecule has 0 bridgehead atoms. The van der Waals surface area contributed by atoms with Crippen LogP contribution in [0, 0.1) is 3.57 Å². The standard InChI is InChI=1S/C11H12INO3/c1-13-3-7-6(8(14)4-13)2-9-11(10(7)12)16-5-15-9/h2,8,14H,3-5H2,1H3/t8-/m0/s1. The van der Waals surface area contributed by atoms with Gasteiger partial charge >= 0.3 is 0 Å². The van der Waals surface area contributed by atoms with Gasteiger partial charge in [-0.05, 0) is 46.8 Å². The molecule has 1 aromatic carbocycles. The molecule has 2 aliphatic rings. The minimum absolute atomic E-state index is 0.278. The number of halogens is 1. The molecule has 0 saturated carbocycles. The average molecular weight is 333 g/mol. The molecule has 0 spiro atoms. The molecule has 3 rings (SSSR count). The van der Waals surface area contributed by atoms with E-state index < -0.39 is 6.10 Å². The molecular formula is C11H12INO3. The van der Waals surface area contributed by atoms with E-state index in [4.69, 9.17) is 9.47 Å². The highest BCUT2D eigenvalue weighted by atomic mass is 127. The lowest BCUT2D eigenvalue weighted by Crippen LogP contribution is -2.30. The summed E-state index contributed by atoms with van der Waals surface area (Å²) in [6.45, 7) is 1.80. The Hall–Kier alpha value is -0.530. The first-order valence-electron chi connectivity index (χ1n) is 5.14. The lowest BCUT2D eigenvalue weighted by Gasteiger charge is -2.30. The number of fused-ring (bicyclic) bond motifs is 2. The van der Waals surface area contributed by atoms with Crippen molar-refractivity contribution in [2.24, 2.45) is 0 Å². The first kappa shape index (κ1) is 10.6. The minimum atomic E-state index is -0.434. The third-order valence-corrected chi connectivity index (χ3v) is 4.15. The highest BCUT2D eigenvalue weighted by molar-refractivity contribution is 14.1. The highest BCUT2D eigenvalue weighted by Gasteiger charge is 2.29. The van der Waals surface area contributed by atoms with E-state index in [1.807, 2.05) is 13.1 Å². The third kappa shape index (κ3) is 1.49. The quantitative estimate of drug-likeness (QED) is 0.731. The van der Waals surface area contributed by atoms with Crippen molar-refractivity contribution >= 4 is 22.6 Å². The number of benzene rings is 1. The van der Waals surface area contributed by atoms with Gasteiger partial charge in [-0.2, -0.15) is 0 Å². The molecule has 2 aliphatic heterocycles. The predicted octanol–water partition coefficient (Wildman–Crippen LogP) is 1.50. The van der Waals surface area contributed by atoms with E-state index in [0.717, 1.165) is 32.7 Å². The molecule has 86 valence electrons. The van der Waals surface area contributed by atoms with Gasteiger partial charge in [0.25, 0.3) is 0 Å². The Labute approximate surface area is 107 Å². The zero-order valence-corrected chi connectivity index (χ0v) is 11.0. The molecule has 0 fully saturated rings. The van der Waals surface area contributed by atoms with Crippen LogP contribution in [-0.4, -0.2) is 30.4 Å². The van der Waals surface area contributed by atoms with Crippen LogP contribution in [0.5, 0.6) is 11.5 Å². The van der Waals surface area contributed by atoms with E-state index in [9.17, 15) is 5.11 Å². The van der Waals surface area contributed by atoms with E-state index in [1.54, 1.807) is 0 Å². The summed E-state index contributed by atoms with van der Waals surface area (Å²) in [6, 6.07) is 1.91. The van der Waals surface area contributed by atoms with Crippen molar-refractivity contribution in [3.05, 3.63) is 20.8 Å². The summed E-state index contributed by atoms with van der Waals surface area (Å²) in [5, 5.41) is 10.0. The van der Waals surface area contributed by atoms with Crippen molar-refractivity contribution in [1.82, 2.24) is 4.90 Å². The predicted molar refractivity (Wildman–Crippen MR) is 66.6 cm³/mol. The Kier molecular flexibility index (Phi) is 2.49. The number of rotatable bonds is 0. The SMILES string of the molecule is CN1Cc2c(cc3c(c2I)OCO3)[C@@H](O)C1. The second-order valence-corrected chi connectivity index (χ2v) is 5.28. The first-order valence-corrected chi connectivity index (χ1v) is 6.22. The van der Waals surface area contributed by atoms with Gasteiger partial charge in [0.2, 0.25) is 6.79 Å². The third-order valence-electron chi connectivity index (χ3n) is 3.01. The summed E-state index contributed by atoms with van der Waals surface area (Å²) in [7, 11) is 2.01. The van der Waals surface area contributed by atoms with Crippen LogP contribution in [0.3, 0.4) is 0 Å². The molecule has 0 saturated heterocycles. The van der Waals surface area contributed by atoms with Gasteiger partial charge in [0.05, 0.1) is 9.67 Å². The van der Waals surface area contributed by atoms with Crippen molar-refractivity contribution in [2.75, 3.05) is 20.4 Å². The van der Waals surface area contributed by atoms with Gasteiger partial charge in [-0.1, -0.05) is 0 Å². The Morgan fingerprint density at radius 1 is 1.50 bits per heavy atom. The van der Waals surface area contributed by atoms with Crippen molar-refractivity contribution in [1.29, 1.82) is 0 Å². The maximum absolute atomic E-state index is 10.0. The second kappa shape index (κ2) is 3.75.